The smallest absolute Gasteiger partial charge is 0.416 e. The summed E-state index contributed by atoms with van der Waals surface area (Å²) in [6.07, 6.45) is -0.635. The van der Waals surface area contributed by atoms with Crippen LogP contribution < -0.4 is 10.1 Å². The molecule has 0 fully saturated rings. The van der Waals surface area contributed by atoms with Gasteiger partial charge < -0.3 is 10.1 Å². The molecule has 5 nitrogen and oxygen atoms in total. The standard InChI is InChI=1S/C16H14Cl2F3N3O2/c17-12-3-5-22-9-11(12)15(25)23-4-1-2-6-26-14-8-10(16(19,20)21)7-13(18)24-14/h3,5,7-9H,1-2,4,6H2,(H,23,25). The van der Waals surface area contributed by atoms with Gasteiger partial charge in [-0.2, -0.15) is 13.2 Å². The maximum Gasteiger partial charge on any atom is 0.416 e. The molecule has 0 aromatic carbocycles. The summed E-state index contributed by atoms with van der Waals surface area (Å²) >= 11 is 11.5. The van der Waals surface area contributed by atoms with Gasteiger partial charge in [-0.25, -0.2) is 4.98 Å². The predicted molar refractivity (Wildman–Crippen MR) is 90.6 cm³/mol. The van der Waals surface area contributed by atoms with Crippen molar-refractivity contribution in [1.29, 1.82) is 0 Å². The molecule has 0 unspecified atom stereocenters. The fourth-order valence-electron chi connectivity index (χ4n) is 1.96. The zero-order valence-electron chi connectivity index (χ0n) is 13.3. The second kappa shape index (κ2) is 9.05. The van der Waals surface area contributed by atoms with Gasteiger partial charge in [0.15, 0.2) is 0 Å². The highest BCUT2D eigenvalue weighted by molar-refractivity contribution is 6.33. The number of nitrogens with zero attached hydrogens (tertiary/aromatic N) is 2. The van der Waals surface area contributed by atoms with Crippen LogP contribution in [-0.4, -0.2) is 29.0 Å². The summed E-state index contributed by atoms with van der Waals surface area (Å²) in [4.78, 5) is 19.4. The number of amides is 1. The third-order valence-corrected chi connectivity index (χ3v) is 3.74. The zero-order chi connectivity index (χ0) is 19.2. The van der Waals surface area contributed by atoms with Crippen molar-refractivity contribution in [1.82, 2.24) is 15.3 Å². The summed E-state index contributed by atoms with van der Waals surface area (Å²) in [7, 11) is 0. The molecule has 0 bridgehead atoms. The number of aromatic nitrogens is 2. The summed E-state index contributed by atoms with van der Waals surface area (Å²) < 4.78 is 43.2. The van der Waals surface area contributed by atoms with Crippen LogP contribution in [0.5, 0.6) is 5.88 Å². The van der Waals surface area contributed by atoms with E-state index < -0.39 is 11.7 Å². The van der Waals surface area contributed by atoms with E-state index in [1.165, 1.54) is 18.5 Å². The number of carbonyl (C=O) groups is 1. The Bertz CT molecular complexity index is 773. The van der Waals surface area contributed by atoms with Gasteiger partial charge >= 0.3 is 6.18 Å². The number of rotatable bonds is 7. The molecule has 2 heterocycles. The number of hydrogen-bond acceptors (Lipinski definition) is 4. The second-order valence-corrected chi connectivity index (χ2v) is 5.98. The van der Waals surface area contributed by atoms with Crippen LogP contribution in [0, 0.1) is 0 Å². The number of carbonyl (C=O) groups excluding carboxylic acids is 1. The van der Waals surface area contributed by atoms with Crippen molar-refractivity contribution in [2.24, 2.45) is 0 Å². The third-order valence-electron chi connectivity index (χ3n) is 3.22. The second-order valence-electron chi connectivity index (χ2n) is 5.18. The molecule has 10 heteroatoms. The van der Waals surface area contributed by atoms with Gasteiger partial charge in [0.25, 0.3) is 5.91 Å². The van der Waals surface area contributed by atoms with Gasteiger partial charge in [0.1, 0.15) is 5.15 Å². The first-order chi connectivity index (χ1) is 12.3. The van der Waals surface area contributed by atoms with E-state index >= 15 is 0 Å². The average Bonchev–Trinajstić information content (AvgIpc) is 2.57. The SMILES string of the molecule is O=C(NCCCCOc1cc(C(F)(F)F)cc(Cl)n1)c1cnccc1Cl. The number of ether oxygens (including phenoxy) is 1. The van der Waals surface area contributed by atoms with E-state index in [0.29, 0.717) is 24.4 Å². The van der Waals surface area contributed by atoms with Crippen molar-refractivity contribution in [2.45, 2.75) is 19.0 Å². The van der Waals surface area contributed by atoms with Gasteiger partial charge in [0.05, 0.1) is 22.8 Å². The maximum absolute atomic E-state index is 12.7. The number of pyridine rings is 2. The summed E-state index contributed by atoms with van der Waals surface area (Å²) in [6.45, 7) is 0.484. The quantitative estimate of drug-likeness (QED) is 0.545. The molecule has 0 aliphatic rings. The van der Waals surface area contributed by atoms with Crippen molar-refractivity contribution >= 4 is 29.1 Å². The highest BCUT2D eigenvalue weighted by Crippen LogP contribution is 2.32. The Labute approximate surface area is 157 Å². The van der Waals surface area contributed by atoms with Crippen LogP contribution in [0.1, 0.15) is 28.8 Å². The first-order valence-electron chi connectivity index (χ1n) is 7.52. The number of alkyl halides is 3. The van der Waals surface area contributed by atoms with Crippen LogP contribution in [0.4, 0.5) is 13.2 Å². The third kappa shape index (κ3) is 6.03. The minimum absolute atomic E-state index is 0.133. The maximum atomic E-state index is 12.7. The lowest BCUT2D eigenvalue weighted by Crippen LogP contribution is -2.25. The number of nitrogens with one attached hydrogen (secondary N) is 1. The van der Waals surface area contributed by atoms with Gasteiger partial charge in [-0.05, 0) is 25.0 Å². The Morgan fingerprint density at radius 1 is 1.23 bits per heavy atom. The Morgan fingerprint density at radius 3 is 2.69 bits per heavy atom. The van der Waals surface area contributed by atoms with Gasteiger partial charge in [-0.1, -0.05) is 23.2 Å². The van der Waals surface area contributed by atoms with Crippen LogP contribution >= 0.6 is 23.2 Å². The molecule has 0 aliphatic heterocycles. The first kappa shape index (κ1) is 20.3. The lowest BCUT2D eigenvalue weighted by molar-refractivity contribution is -0.137. The van der Waals surface area contributed by atoms with Crippen molar-refractivity contribution < 1.29 is 22.7 Å². The summed E-state index contributed by atoms with van der Waals surface area (Å²) in [5.74, 6) is -0.550. The highest BCUT2D eigenvalue weighted by atomic mass is 35.5. The Kier molecular flexibility index (Phi) is 7.05. The van der Waals surface area contributed by atoms with Crippen LogP contribution in [0.2, 0.25) is 10.2 Å². The Hall–Kier alpha value is -2.06. The monoisotopic (exact) mass is 407 g/mol. The summed E-state index contributed by atoms with van der Waals surface area (Å²) in [5.41, 5.74) is -0.652. The predicted octanol–water partition coefficient (Wildman–Crippen LogP) is 4.39. The minimum Gasteiger partial charge on any atom is -0.478 e. The molecule has 2 aromatic rings. The van der Waals surface area contributed by atoms with Gasteiger partial charge in [0, 0.05) is 25.0 Å². The summed E-state index contributed by atoms with van der Waals surface area (Å²) in [6, 6.07) is 3.03. The van der Waals surface area contributed by atoms with E-state index in [-0.39, 0.29) is 29.1 Å². The zero-order valence-corrected chi connectivity index (χ0v) is 14.8. The van der Waals surface area contributed by atoms with E-state index in [1.54, 1.807) is 0 Å². The van der Waals surface area contributed by atoms with Gasteiger partial charge in [-0.3, -0.25) is 9.78 Å². The van der Waals surface area contributed by atoms with Gasteiger partial charge in [0.2, 0.25) is 5.88 Å². The van der Waals surface area contributed by atoms with E-state index in [2.05, 4.69) is 15.3 Å². The van der Waals surface area contributed by atoms with Crippen molar-refractivity contribution in [3.63, 3.8) is 0 Å². The van der Waals surface area contributed by atoms with Crippen LogP contribution in [0.3, 0.4) is 0 Å². The van der Waals surface area contributed by atoms with Gasteiger partial charge in [-0.15, -0.1) is 0 Å². The first-order valence-corrected chi connectivity index (χ1v) is 8.28. The molecule has 2 rings (SSSR count). The van der Waals surface area contributed by atoms with E-state index in [1.807, 2.05) is 0 Å². The van der Waals surface area contributed by atoms with Crippen LogP contribution in [0.25, 0.3) is 0 Å². The molecule has 2 aromatic heterocycles. The Morgan fingerprint density at radius 2 is 2.00 bits per heavy atom. The fraction of sp³-hybridized carbons (Fsp3) is 0.312. The molecule has 26 heavy (non-hydrogen) atoms. The number of halogens is 5. The Balaban J connectivity index is 1.74. The lowest BCUT2D eigenvalue weighted by Gasteiger charge is -2.10. The van der Waals surface area contributed by atoms with Crippen molar-refractivity contribution in [3.8, 4) is 5.88 Å². The van der Waals surface area contributed by atoms with Crippen LogP contribution in [-0.2, 0) is 6.18 Å². The van der Waals surface area contributed by atoms with Crippen LogP contribution in [0.15, 0.2) is 30.6 Å². The van der Waals surface area contributed by atoms with Crippen molar-refractivity contribution in [2.75, 3.05) is 13.2 Å². The molecule has 0 atom stereocenters. The fourth-order valence-corrected chi connectivity index (χ4v) is 2.35. The van der Waals surface area contributed by atoms with E-state index in [9.17, 15) is 18.0 Å². The lowest BCUT2D eigenvalue weighted by atomic mass is 10.2. The molecule has 0 saturated heterocycles. The number of hydrogen-bond donors (Lipinski definition) is 1. The normalized spacial score (nSPS) is 11.3. The molecular formula is C16H14Cl2F3N3O2. The topological polar surface area (TPSA) is 64.1 Å². The highest BCUT2D eigenvalue weighted by Gasteiger charge is 2.31. The molecule has 0 radical (unpaired) electrons. The minimum atomic E-state index is -4.53. The molecule has 140 valence electrons. The largest absolute Gasteiger partial charge is 0.478 e. The average molecular weight is 408 g/mol. The van der Waals surface area contributed by atoms with E-state index in [0.717, 1.165) is 12.1 Å². The molecule has 0 spiro atoms. The molecule has 1 amide bonds. The van der Waals surface area contributed by atoms with Crippen molar-refractivity contribution in [3.05, 3.63) is 51.9 Å². The van der Waals surface area contributed by atoms with E-state index in [4.69, 9.17) is 27.9 Å². The molecular weight excluding hydrogens is 394 g/mol. The number of unbranched alkanes of at least 4 members (excludes halogenated alkanes) is 1. The molecule has 0 saturated carbocycles. The summed E-state index contributed by atoms with van der Waals surface area (Å²) in [5, 5.41) is 2.68. The molecule has 1 N–H and O–H groups in total. The molecule has 0 aliphatic carbocycles.